The van der Waals surface area contributed by atoms with Crippen molar-refractivity contribution >= 4 is 38.1 Å². The van der Waals surface area contributed by atoms with Gasteiger partial charge in [0.2, 0.25) is 9.84 Å². The fraction of sp³-hybridized carbons (Fsp3) is 0.125. The lowest BCUT2D eigenvalue weighted by atomic mass is 10.3. The molecule has 8 heteroatoms. The van der Waals surface area contributed by atoms with Crippen LogP contribution in [0.2, 0.25) is 5.02 Å². The summed E-state index contributed by atoms with van der Waals surface area (Å²) in [5.74, 6) is -1.03. The summed E-state index contributed by atoms with van der Waals surface area (Å²) in [6.45, 7) is 1.61. The first-order chi connectivity index (χ1) is 11.4. The summed E-state index contributed by atoms with van der Waals surface area (Å²) in [7, 11) is -4.16. The number of hydrogen-bond donors (Lipinski definition) is 1. The standard InChI is InChI=1S/C16H15ClN2O4S/c1-2-23-16(20)15(19-18-13-6-4-3-5-7-13)24(21,22)14-10-8-12(17)9-11-14/h3-11,18H,2H2,1H3/b19-15-. The number of para-hydroxylation sites is 1. The van der Waals surface area contributed by atoms with Crippen molar-refractivity contribution in [3.8, 4) is 0 Å². The number of carbonyl (C=O) groups excluding carboxylic acids is 1. The van der Waals surface area contributed by atoms with E-state index in [9.17, 15) is 13.2 Å². The zero-order chi connectivity index (χ0) is 17.6. The second kappa shape index (κ2) is 7.94. The minimum Gasteiger partial charge on any atom is -0.461 e. The van der Waals surface area contributed by atoms with Crippen LogP contribution >= 0.6 is 11.6 Å². The van der Waals surface area contributed by atoms with Crippen molar-refractivity contribution < 1.29 is 17.9 Å². The number of halogens is 1. The molecule has 6 nitrogen and oxygen atoms in total. The van der Waals surface area contributed by atoms with E-state index in [0.717, 1.165) is 0 Å². The number of benzene rings is 2. The molecule has 0 heterocycles. The number of nitrogens with zero attached hydrogens (tertiary/aromatic N) is 1. The van der Waals surface area contributed by atoms with E-state index in [1.807, 2.05) is 0 Å². The lowest BCUT2D eigenvalue weighted by Gasteiger charge is -2.08. The maximum atomic E-state index is 12.7. The molecule has 24 heavy (non-hydrogen) atoms. The maximum absolute atomic E-state index is 12.7. The Bertz CT molecular complexity index is 834. The normalized spacial score (nSPS) is 11.8. The van der Waals surface area contributed by atoms with Crippen LogP contribution in [0.4, 0.5) is 5.69 Å². The van der Waals surface area contributed by atoms with Gasteiger partial charge in [0, 0.05) is 5.02 Å². The van der Waals surface area contributed by atoms with Crippen LogP contribution in [0.5, 0.6) is 0 Å². The number of nitrogens with one attached hydrogen (secondary N) is 1. The van der Waals surface area contributed by atoms with Gasteiger partial charge in [-0.2, -0.15) is 5.10 Å². The molecule has 2 rings (SSSR count). The van der Waals surface area contributed by atoms with Crippen LogP contribution in [0, 0.1) is 0 Å². The van der Waals surface area contributed by atoms with Crippen LogP contribution in [0.3, 0.4) is 0 Å². The van der Waals surface area contributed by atoms with Crippen molar-refractivity contribution in [3.63, 3.8) is 0 Å². The Morgan fingerprint density at radius 1 is 1.12 bits per heavy atom. The predicted octanol–water partition coefficient (Wildman–Crippen LogP) is 3.10. The molecule has 2 aromatic carbocycles. The van der Waals surface area contributed by atoms with Gasteiger partial charge in [0.05, 0.1) is 17.2 Å². The lowest BCUT2D eigenvalue weighted by Crippen LogP contribution is -2.28. The van der Waals surface area contributed by atoms with Crippen LogP contribution < -0.4 is 5.43 Å². The van der Waals surface area contributed by atoms with Crippen molar-refractivity contribution in [1.82, 2.24) is 0 Å². The van der Waals surface area contributed by atoms with Gasteiger partial charge in [-0.25, -0.2) is 13.2 Å². The molecule has 0 aromatic heterocycles. The number of anilines is 1. The van der Waals surface area contributed by atoms with E-state index in [4.69, 9.17) is 16.3 Å². The summed E-state index contributed by atoms with van der Waals surface area (Å²) in [6.07, 6.45) is 0. The second-order valence-electron chi connectivity index (χ2n) is 4.57. The van der Waals surface area contributed by atoms with Gasteiger partial charge in [-0.1, -0.05) is 29.8 Å². The molecule has 0 aliphatic rings. The molecule has 0 saturated carbocycles. The lowest BCUT2D eigenvalue weighted by molar-refractivity contribution is -0.134. The topological polar surface area (TPSA) is 84.8 Å². The molecule has 0 radical (unpaired) electrons. The third-order valence-corrected chi connectivity index (χ3v) is 4.80. The molecule has 0 unspecified atom stereocenters. The zero-order valence-corrected chi connectivity index (χ0v) is 14.3. The van der Waals surface area contributed by atoms with Crippen LogP contribution in [0.25, 0.3) is 0 Å². The van der Waals surface area contributed by atoms with Crippen LogP contribution in [-0.4, -0.2) is 26.0 Å². The molecule has 0 fully saturated rings. The van der Waals surface area contributed by atoms with Gasteiger partial charge in [-0.05, 0) is 43.3 Å². The average Bonchev–Trinajstić information content (AvgIpc) is 2.56. The van der Waals surface area contributed by atoms with Crippen molar-refractivity contribution in [2.75, 3.05) is 12.0 Å². The van der Waals surface area contributed by atoms with Crippen molar-refractivity contribution in [1.29, 1.82) is 0 Å². The highest BCUT2D eigenvalue weighted by Gasteiger charge is 2.30. The fourth-order valence-corrected chi connectivity index (χ4v) is 3.05. The summed E-state index contributed by atoms with van der Waals surface area (Å²) in [5.41, 5.74) is 3.09. The predicted molar refractivity (Wildman–Crippen MR) is 92.8 cm³/mol. The third-order valence-electron chi connectivity index (χ3n) is 2.89. The first-order valence-corrected chi connectivity index (χ1v) is 8.87. The molecule has 1 N–H and O–H groups in total. The van der Waals surface area contributed by atoms with Gasteiger partial charge in [-0.15, -0.1) is 0 Å². The summed E-state index contributed by atoms with van der Waals surface area (Å²) in [4.78, 5) is 11.9. The molecular weight excluding hydrogens is 352 g/mol. The molecule has 126 valence electrons. The molecule has 2 aromatic rings. The van der Waals surface area contributed by atoms with Crippen LogP contribution in [-0.2, 0) is 19.4 Å². The summed E-state index contributed by atoms with van der Waals surface area (Å²) < 4.78 is 30.1. The molecule has 0 saturated heterocycles. The first-order valence-electron chi connectivity index (χ1n) is 7.01. The number of rotatable bonds is 4. The maximum Gasteiger partial charge on any atom is 0.371 e. The van der Waals surface area contributed by atoms with Gasteiger partial charge in [-0.3, -0.25) is 5.43 Å². The van der Waals surface area contributed by atoms with E-state index in [-0.39, 0.29) is 11.5 Å². The van der Waals surface area contributed by atoms with Crippen LogP contribution in [0.15, 0.2) is 64.6 Å². The second-order valence-corrected chi connectivity index (χ2v) is 6.87. The molecule has 0 bridgehead atoms. The number of hydrazone groups is 1. The van der Waals surface area contributed by atoms with E-state index in [1.165, 1.54) is 24.3 Å². The highest BCUT2D eigenvalue weighted by molar-refractivity contribution is 8.08. The minimum atomic E-state index is -4.16. The minimum absolute atomic E-state index is 0.0271. The number of sulfone groups is 1. The van der Waals surface area contributed by atoms with Gasteiger partial charge >= 0.3 is 5.97 Å². The number of ether oxygens (including phenoxy) is 1. The smallest absolute Gasteiger partial charge is 0.371 e. The summed E-state index contributed by atoms with van der Waals surface area (Å²) >= 11 is 5.77. The molecule has 0 spiro atoms. The molecule has 0 aliphatic heterocycles. The summed E-state index contributed by atoms with van der Waals surface area (Å²) in [6, 6.07) is 14.1. The Morgan fingerprint density at radius 3 is 2.33 bits per heavy atom. The Hall–Kier alpha value is -2.38. The Morgan fingerprint density at radius 2 is 1.75 bits per heavy atom. The van der Waals surface area contributed by atoms with Gasteiger partial charge < -0.3 is 4.74 Å². The number of carbonyl (C=O) groups is 1. The largest absolute Gasteiger partial charge is 0.461 e. The van der Waals surface area contributed by atoms with Crippen LogP contribution in [0.1, 0.15) is 6.92 Å². The fourth-order valence-electron chi connectivity index (χ4n) is 1.76. The highest BCUT2D eigenvalue weighted by Crippen LogP contribution is 2.18. The van der Waals surface area contributed by atoms with Crippen molar-refractivity contribution in [2.45, 2.75) is 11.8 Å². The molecule has 0 atom stereocenters. The first kappa shape index (κ1) is 18.0. The number of hydrogen-bond acceptors (Lipinski definition) is 6. The van der Waals surface area contributed by atoms with E-state index < -0.39 is 20.9 Å². The van der Waals surface area contributed by atoms with Gasteiger partial charge in [0.1, 0.15) is 0 Å². The molecular formula is C16H15ClN2O4S. The molecule has 0 aliphatic carbocycles. The van der Waals surface area contributed by atoms with Gasteiger partial charge in [0.25, 0.3) is 5.04 Å². The third kappa shape index (κ3) is 4.33. The number of esters is 1. The summed E-state index contributed by atoms with van der Waals surface area (Å²) in [5, 5.41) is 3.41. The van der Waals surface area contributed by atoms with Crippen molar-refractivity contribution in [3.05, 3.63) is 59.6 Å². The molecule has 0 amide bonds. The SMILES string of the molecule is CCOC(=O)/C(=N/Nc1ccccc1)S(=O)(=O)c1ccc(Cl)cc1. The zero-order valence-electron chi connectivity index (χ0n) is 12.8. The monoisotopic (exact) mass is 366 g/mol. The van der Waals surface area contributed by atoms with E-state index in [2.05, 4.69) is 10.5 Å². The van der Waals surface area contributed by atoms with Crippen molar-refractivity contribution in [2.24, 2.45) is 5.10 Å². The van der Waals surface area contributed by atoms with Gasteiger partial charge in [0.15, 0.2) is 0 Å². The Labute approximate surface area is 145 Å². The average molecular weight is 367 g/mol. The Kier molecular flexibility index (Phi) is 5.94. The van der Waals surface area contributed by atoms with E-state index >= 15 is 0 Å². The Balaban J connectivity index is 2.41. The van der Waals surface area contributed by atoms with E-state index in [1.54, 1.807) is 37.3 Å². The van der Waals surface area contributed by atoms with E-state index in [0.29, 0.717) is 10.7 Å². The quantitative estimate of drug-likeness (QED) is 0.389. The highest BCUT2D eigenvalue weighted by atomic mass is 35.5.